The summed E-state index contributed by atoms with van der Waals surface area (Å²) in [5.74, 6) is 0.308. The van der Waals surface area contributed by atoms with Crippen molar-refractivity contribution in [2.24, 2.45) is 0 Å². The molecule has 1 saturated heterocycles. The lowest BCUT2D eigenvalue weighted by Crippen LogP contribution is -2.39. The first kappa shape index (κ1) is 14.4. The number of amides is 1. The molecule has 1 aromatic rings. The molecule has 1 aromatic carbocycles. The molecule has 4 heteroatoms. The minimum atomic E-state index is 0.308. The molecule has 2 N–H and O–H groups in total. The minimum absolute atomic E-state index is 0.308. The molecule has 2 aliphatic heterocycles. The summed E-state index contributed by atoms with van der Waals surface area (Å²) in [7, 11) is 0. The van der Waals surface area contributed by atoms with Gasteiger partial charge in [-0.3, -0.25) is 4.79 Å². The molecule has 0 spiro atoms. The maximum Gasteiger partial charge on any atom is 0.222 e. The molecule has 0 saturated carbocycles. The molecule has 1 unspecified atom stereocenters. The summed E-state index contributed by atoms with van der Waals surface area (Å²) in [5, 5.41) is 7.09. The maximum absolute atomic E-state index is 11.7. The zero-order valence-electron chi connectivity index (χ0n) is 12.8. The van der Waals surface area contributed by atoms with Gasteiger partial charge < -0.3 is 15.5 Å². The lowest BCUT2D eigenvalue weighted by Gasteiger charge is -2.24. The molecule has 2 aliphatic rings. The Hall–Kier alpha value is -1.55. The quantitative estimate of drug-likeness (QED) is 0.872. The fourth-order valence-electron chi connectivity index (χ4n) is 3.30. The number of rotatable bonds is 5. The molecular formula is C17H25N3O. The molecule has 1 fully saturated rings. The number of para-hydroxylation sites is 1. The molecule has 0 bridgehead atoms. The topological polar surface area (TPSA) is 44.4 Å². The Balaban J connectivity index is 1.56. The van der Waals surface area contributed by atoms with Crippen molar-refractivity contribution in [3.05, 3.63) is 29.3 Å². The van der Waals surface area contributed by atoms with E-state index in [2.05, 4.69) is 35.8 Å². The predicted molar refractivity (Wildman–Crippen MR) is 85.4 cm³/mol. The molecule has 114 valence electrons. The van der Waals surface area contributed by atoms with Crippen LogP contribution in [0.2, 0.25) is 0 Å². The van der Waals surface area contributed by atoms with Gasteiger partial charge in [-0.1, -0.05) is 18.2 Å². The van der Waals surface area contributed by atoms with Crippen molar-refractivity contribution >= 4 is 11.6 Å². The summed E-state index contributed by atoms with van der Waals surface area (Å²) in [6.07, 6.45) is 4.13. The van der Waals surface area contributed by atoms with Crippen molar-refractivity contribution in [3.63, 3.8) is 0 Å². The summed E-state index contributed by atoms with van der Waals surface area (Å²) >= 11 is 0. The third-order valence-electron chi connectivity index (χ3n) is 4.47. The molecular weight excluding hydrogens is 262 g/mol. The number of carbonyl (C=O) groups is 1. The van der Waals surface area contributed by atoms with Gasteiger partial charge in [0.25, 0.3) is 0 Å². The molecule has 4 nitrogen and oxygen atoms in total. The molecule has 0 aromatic heterocycles. The van der Waals surface area contributed by atoms with Crippen molar-refractivity contribution in [2.45, 2.75) is 45.2 Å². The second-order valence-corrected chi connectivity index (χ2v) is 6.21. The summed E-state index contributed by atoms with van der Waals surface area (Å²) < 4.78 is 0. The monoisotopic (exact) mass is 287 g/mol. The molecule has 2 heterocycles. The van der Waals surface area contributed by atoms with Gasteiger partial charge in [-0.2, -0.15) is 0 Å². The van der Waals surface area contributed by atoms with Gasteiger partial charge in [0.2, 0.25) is 5.91 Å². The number of aryl methyl sites for hydroxylation is 1. The molecule has 0 radical (unpaired) electrons. The number of fused-ring (bicyclic) bond motifs is 1. The lowest BCUT2D eigenvalue weighted by atomic mass is 9.99. The Morgan fingerprint density at radius 3 is 3.05 bits per heavy atom. The number of hydrogen-bond donors (Lipinski definition) is 2. The first-order valence-electron chi connectivity index (χ1n) is 8.10. The van der Waals surface area contributed by atoms with Crippen molar-refractivity contribution in [2.75, 3.05) is 25.0 Å². The number of carbonyl (C=O) groups excluding carboxylic acids is 1. The molecule has 3 rings (SSSR count). The van der Waals surface area contributed by atoms with Gasteiger partial charge in [0.1, 0.15) is 0 Å². The Morgan fingerprint density at radius 2 is 2.24 bits per heavy atom. The van der Waals surface area contributed by atoms with Gasteiger partial charge >= 0.3 is 0 Å². The van der Waals surface area contributed by atoms with Gasteiger partial charge in [0.05, 0.1) is 0 Å². The van der Waals surface area contributed by atoms with E-state index in [1.807, 2.05) is 4.90 Å². The van der Waals surface area contributed by atoms with Crippen LogP contribution in [-0.2, 0) is 17.8 Å². The first-order chi connectivity index (χ1) is 10.2. The lowest BCUT2D eigenvalue weighted by molar-refractivity contribution is -0.127. The number of nitrogens with one attached hydrogen (secondary N) is 2. The highest BCUT2D eigenvalue weighted by molar-refractivity contribution is 5.78. The zero-order valence-corrected chi connectivity index (χ0v) is 12.8. The van der Waals surface area contributed by atoms with Gasteiger partial charge in [-0.25, -0.2) is 0 Å². The normalized spacial score (nSPS) is 19.3. The van der Waals surface area contributed by atoms with Crippen LogP contribution in [0.5, 0.6) is 0 Å². The zero-order chi connectivity index (χ0) is 14.7. The van der Waals surface area contributed by atoms with Crippen molar-refractivity contribution < 1.29 is 4.79 Å². The van der Waals surface area contributed by atoms with Gasteiger partial charge in [-0.05, 0) is 37.3 Å². The van der Waals surface area contributed by atoms with Crippen molar-refractivity contribution in [3.8, 4) is 0 Å². The van der Waals surface area contributed by atoms with Gasteiger partial charge in [0.15, 0.2) is 0 Å². The largest absolute Gasteiger partial charge is 0.385 e. The van der Waals surface area contributed by atoms with Crippen LogP contribution in [0.1, 0.15) is 37.3 Å². The van der Waals surface area contributed by atoms with Crippen LogP contribution in [-0.4, -0.2) is 36.5 Å². The summed E-state index contributed by atoms with van der Waals surface area (Å²) in [6, 6.07) is 6.89. The van der Waals surface area contributed by atoms with Crippen LogP contribution in [0.25, 0.3) is 0 Å². The Kier molecular flexibility index (Phi) is 4.44. The van der Waals surface area contributed by atoms with E-state index in [-0.39, 0.29) is 0 Å². The number of nitrogens with zero attached hydrogens (tertiary/aromatic N) is 1. The summed E-state index contributed by atoms with van der Waals surface area (Å²) in [6.45, 7) is 5.84. The standard InChI is InChI=1S/C17H25N3O/c1-13(12-20-10-4-8-16(20)21)19-11-15-6-2-5-14-7-3-9-18-17(14)15/h2,5-6,13,18-19H,3-4,7-12H2,1H3. The second-order valence-electron chi connectivity index (χ2n) is 6.21. The number of likely N-dealkylation sites (tertiary alicyclic amines) is 1. The smallest absolute Gasteiger partial charge is 0.222 e. The number of hydrogen-bond acceptors (Lipinski definition) is 3. The third-order valence-corrected chi connectivity index (χ3v) is 4.47. The summed E-state index contributed by atoms with van der Waals surface area (Å²) in [5.41, 5.74) is 4.09. The van der Waals surface area contributed by atoms with Gasteiger partial charge in [0, 0.05) is 44.3 Å². The van der Waals surface area contributed by atoms with E-state index in [0.717, 1.165) is 39.0 Å². The highest BCUT2D eigenvalue weighted by Gasteiger charge is 2.21. The van der Waals surface area contributed by atoms with E-state index in [4.69, 9.17) is 0 Å². The fourth-order valence-corrected chi connectivity index (χ4v) is 3.30. The van der Waals surface area contributed by atoms with E-state index in [0.29, 0.717) is 11.9 Å². The molecule has 1 amide bonds. The molecule has 0 aliphatic carbocycles. The van der Waals surface area contributed by atoms with Crippen LogP contribution < -0.4 is 10.6 Å². The van der Waals surface area contributed by atoms with E-state index in [1.165, 1.54) is 29.7 Å². The SMILES string of the molecule is CC(CN1CCCC1=O)NCc1cccc2c1NCCC2. The minimum Gasteiger partial charge on any atom is -0.385 e. The van der Waals surface area contributed by atoms with Crippen molar-refractivity contribution in [1.29, 1.82) is 0 Å². The van der Waals surface area contributed by atoms with Gasteiger partial charge in [-0.15, -0.1) is 0 Å². The summed E-state index contributed by atoms with van der Waals surface area (Å²) in [4.78, 5) is 13.6. The van der Waals surface area contributed by atoms with Crippen molar-refractivity contribution in [1.82, 2.24) is 10.2 Å². The molecule has 21 heavy (non-hydrogen) atoms. The Bertz CT molecular complexity index is 515. The van der Waals surface area contributed by atoms with Crippen LogP contribution in [0.4, 0.5) is 5.69 Å². The van der Waals surface area contributed by atoms with E-state index >= 15 is 0 Å². The van der Waals surface area contributed by atoms with Crippen LogP contribution >= 0.6 is 0 Å². The third kappa shape index (κ3) is 3.38. The highest BCUT2D eigenvalue weighted by Crippen LogP contribution is 2.26. The predicted octanol–water partition coefficient (Wildman–Crippen LogP) is 2.15. The maximum atomic E-state index is 11.7. The average Bonchev–Trinajstić information content (AvgIpc) is 2.90. The number of anilines is 1. The Labute approximate surface area is 126 Å². The second kappa shape index (κ2) is 6.48. The average molecular weight is 287 g/mol. The van der Waals surface area contributed by atoms with Crippen LogP contribution in [0.3, 0.4) is 0 Å². The van der Waals surface area contributed by atoms with E-state index < -0.39 is 0 Å². The Morgan fingerprint density at radius 1 is 1.33 bits per heavy atom. The van der Waals surface area contributed by atoms with Crippen LogP contribution in [0.15, 0.2) is 18.2 Å². The van der Waals surface area contributed by atoms with E-state index in [1.54, 1.807) is 0 Å². The number of benzene rings is 1. The first-order valence-corrected chi connectivity index (χ1v) is 8.10. The van der Waals surface area contributed by atoms with E-state index in [9.17, 15) is 4.79 Å². The molecule has 1 atom stereocenters. The van der Waals surface area contributed by atoms with Crippen LogP contribution in [0, 0.1) is 0 Å². The highest BCUT2D eigenvalue weighted by atomic mass is 16.2. The fraction of sp³-hybridized carbons (Fsp3) is 0.588.